The minimum atomic E-state index is -0.511. The molecule has 0 heterocycles. The number of hydrogen-bond acceptors (Lipinski definition) is 1. The van der Waals surface area contributed by atoms with Crippen molar-refractivity contribution in [2.24, 2.45) is 5.73 Å². The zero-order valence-electron chi connectivity index (χ0n) is 9.10. The summed E-state index contributed by atoms with van der Waals surface area (Å²) in [6.45, 7) is 0. The molecule has 1 fully saturated rings. The van der Waals surface area contributed by atoms with Crippen LogP contribution in [-0.2, 0) is 5.41 Å². The zero-order valence-corrected chi connectivity index (χ0v) is 9.10. The largest absolute Gasteiger partial charge is 0.324 e. The fraction of sp³-hybridized carbons (Fsp3) is 0.538. The van der Waals surface area contributed by atoms with Crippen molar-refractivity contribution in [2.45, 2.75) is 43.6 Å². The van der Waals surface area contributed by atoms with Crippen molar-refractivity contribution in [1.29, 1.82) is 0 Å². The van der Waals surface area contributed by atoms with Crippen LogP contribution in [0.5, 0.6) is 0 Å². The van der Waals surface area contributed by atoms with Crippen LogP contribution >= 0.6 is 0 Å². The van der Waals surface area contributed by atoms with Gasteiger partial charge in [0.1, 0.15) is 11.6 Å². The van der Waals surface area contributed by atoms with Crippen LogP contribution < -0.4 is 5.73 Å². The van der Waals surface area contributed by atoms with Gasteiger partial charge < -0.3 is 5.73 Å². The second kappa shape index (κ2) is 3.27. The quantitative estimate of drug-likeness (QED) is 0.718. The Kier molecular flexibility index (Phi) is 2.08. The van der Waals surface area contributed by atoms with Crippen molar-refractivity contribution < 1.29 is 8.78 Å². The summed E-state index contributed by atoms with van der Waals surface area (Å²) in [6, 6.07) is 2.21. The molecule has 1 aromatic carbocycles. The maximum atomic E-state index is 13.9. The van der Waals surface area contributed by atoms with E-state index in [9.17, 15) is 8.78 Å². The van der Waals surface area contributed by atoms with Crippen LogP contribution in [-0.4, -0.2) is 0 Å². The first-order chi connectivity index (χ1) is 7.62. The Labute approximate surface area is 93.6 Å². The summed E-state index contributed by atoms with van der Waals surface area (Å²) in [5.74, 6) is -0.909. The Morgan fingerprint density at radius 3 is 2.56 bits per heavy atom. The van der Waals surface area contributed by atoms with Gasteiger partial charge in [0.25, 0.3) is 0 Å². The standard InChI is InChI=1S/C13H15F2N/c14-8-6-9-11(16)2-5-13(3-1-4-13)12(9)10(15)7-8/h6-7,11H,1-5,16H2. The topological polar surface area (TPSA) is 26.0 Å². The SMILES string of the molecule is NC1CCC2(CCC2)c2c(F)cc(F)cc21. The molecule has 0 radical (unpaired) electrons. The first-order valence-electron chi connectivity index (χ1n) is 5.87. The molecule has 1 nitrogen and oxygen atoms in total. The Morgan fingerprint density at radius 2 is 1.94 bits per heavy atom. The fourth-order valence-electron chi connectivity index (χ4n) is 3.26. The normalized spacial score (nSPS) is 26.3. The Morgan fingerprint density at radius 1 is 1.19 bits per heavy atom. The lowest BCUT2D eigenvalue weighted by Gasteiger charge is -2.47. The highest BCUT2D eigenvalue weighted by Crippen LogP contribution is 2.53. The third-order valence-electron chi connectivity index (χ3n) is 4.26. The molecule has 1 saturated carbocycles. The van der Waals surface area contributed by atoms with E-state index in [-0.39, 0.29) is 11.5 Å². The maximum absolute atomic E-state index is 13.9. The first-order valence-corrected chi connectivity index (χ1v) is 5.87. The van der Waals surface area contributed by atoms with Crippen LogP contribution in [0.1, 0.15) is 49.3 Å². The van der Waals surface area contributed by atoms with E-state index in [0.717, 1.165) is 38.2 Å². The molecule has 1 spiro atoms. The molecule has 2 N–H and O–H groups in total. The Balaban J connectivity index is 2.20. The van der Waals surface area contributed by atoms with Gasteiger partial charge in [-0.1, -0.05) is 6.42 Å². The highest BCUT2D eigenvalue weighted by molar-refractivity contribution is 5.42. The number of hydrogen-bond donors (Lipinski definition) is 1. The zero-order chi connectivity index (χ0) is 11.3. The number of benzene rings is 1. The average Bonchev–Trinajstić information content (AvgIpc) is 2.17. The molecule has 3 heteroatoms. The summed E-state index contributed by atoms with van der Waals surface area (Å²) in [4.78, 5) is 0. The minimum Gasteiger partial charge on any atom is -0.324 e. The summed E-state index contributed by atoms with van der Waals surface area (Å²) in [6.07, 6.45) is 4.98. The van der Waals surface area contributed by atoms with Gasteiger partial charge in [-0.25, -0.2) is 8.78 Å². The molecule has 0 amide bonds. The molecule has 1 atom stereocenters. The lowest BCUT2D eigenvalue weighted by molar-refractivity contribution is 0.191. The van der Waals surface area contributed by atoms with E-state index in [2.05, 4.69) is 0 Å². The minimum absolute atomic E-state index is 0.0248. The summed E-state index contributed by atoms with van der Waals surface area (Å²) in [5.41, 5.74) is 7.33. The van der Waals surface area contributed by atoms with Gasteiger partial charge in [0.15, 0.2) is 0 Å². The molecular formula is C13H15F2N. The maximum Gasteiger partial charge on any atom is 0.130 e. The predicted octanol–water partition coefficient (Wildman–Crippen LogP) is 3.18. The van der Waals surface area contributed by atoms with Gasteiger partial charge in [-0.05, 0) is 48.3 Å². The van der Waals surface area contributed by atoms with Crippen molar-refractivity contribution in [3.63, 3.8) is 0 Å². The van der Waals surface area contributed by atoms with Gasteiger partial charge in [-0.15, -0.1) is 0 Å². The van der Waals surface area contributed by atoms with Gasteiger partial charge in [-0.2, -0.15) is 0 Å². The van der Waals surface area contributed by atoms with Gasteiger partial charge in [0.2, 0.25) is 0 Å². The van der Waals surface area contributed by atoms with Crippen molar-refractivity contribution in [2.75, 3.05) is 0 Å². The van der Waals surface area contributed by atoms with Gasteiger partial charge in [0.05, 0.1) is 0 Å². The molecular weight excluding hydrogens is 208 g/mol. The molecule has 16 heavy (non-hydrogen) atoms. The van der Waals surface area contributed by atoms with Crippen LogP contribution in [0.25, 0.3) is 0 Å². The van der Waals surface area contributed by atoms with Crippen LogP contribution in [0.2, 0.25) is 0 Å². The Hall–Kier alpha value is -0.960. The van der Waals surface area contributed by atoms with Crippen LogP contribution in [0.15, 0.2) is 12.1 Å². The van der Waals surface area contributed by atoms with Gasteiger partial charge in [-0.3, -0.25) is 0 Å². The third-order valence-corrected chi connectivity index (χ3v) is 4.26. The second-order valence-corrected chi connectivity index (χ2v) is 5.13. The smallest absolute Gasteiger partial charge is 0.130 e. The number of fused-ring (bicyclic) bond motifs is 2. The van der Waals surface area contributed by atoms with E-state index in [4.69, 9.17) is 5.73 Å². The lowest BCUT2D eigenvalue weighted by atomic mass is 9.57. The van der Waals surface area contributed by atoms with Crippen molar-refractivity contribution >= 4 is 0 Å². The molecule has 0 aromatic heterocycles. The van der Waals surface area contributed by atoms with Gasteiger partial charge >= 0.3 is 0 Å². The van der Waals surface area contributed by atoms with Gasteiger partial charge in [0, 0.05) is 12.1 Å². The molecule has 3 rings (SSSR count). The van der Waals surface area contributed by atoms with E-state index < -0.39 is 11.6 Å². The molecule has 2 aliphatic rings. The molecule has 0 saturated heterocycles. The molecule has 86 valence electrons. The molecule has 1 unspecified atom stereocenters. The highest BCUT2D eigenvalue weighted by Gasteiger charge is 2.45. The first kappa shape index (κ1) is 10.2. The number of rotatable bonds is 0. The van der Waals surface area contributed by atoms with E-state index in [0.29, 0.717) is 11.1 Å². The number of halogens is 2. The lowest BCUT2D eigenvalue weighted by Crippen LogP contribution is -2.41. The predicted molar refractivity (Wildman–Crippen MR) is 58.0 cm³/mol. The van der Waals surface area contributed by atoms with Crippen LogP contribution in [0.3, 0.4) is 0 Å². The summed E-state index contributed by atoms with van der Waals surface area (Å²) in [5, 5.41) is 0. The molecule has 2 aliphatic carbocycles. The summed E-state index contributed by atoms with van der Waals surface area (Å²) in [7, 11) is 0. The highest BCUT2D eigenvalue weighted by atomic mass is 19.1. The molecule has 1 aromatic rings. The molecule has 0 aliphatic heterocycles. The Bertz CT molecular complexity index is 438. The third kappa shape index (κ3) is 1.24. The van der Waals surface area contributed by atoms with Crippen molar-refractivity contribution in [1.82, 2.24) is 0 Å². The van der Waals surface area contributed by atoms with Crippen LogP contribution in [0, 0.1) is 11.6 Å². The average molecular weight is 223 g/mol. The molecule has 0 bridgehead atoms. The van der Waals surface area contributed by atoms with Crippen molar-refractivity contribution in [3.05, 3.63) is 34.9 Å². The monoisotopic (exact) mass is 223 g/mol. The summed E-state index contributed by atoms with van der Waals surface area (Å²) >= 11 is 0. The van der Waals surface area contributed by atoms with E-state index in [1.165, 1.54) is 6.07 Å². The van der Waals surface area contributed by atoms with E-state index in [1.54, 1.807) is 0 Å². The summed E-state index contributed by atoms with van der Waals surface area (Å²) < 4.78 is 27.1. The number of nitrogens with two attached hydrogens (primary N) is 1. The van der Waals surface area contributed by atoms with Crippen LogP contribution in [0.4, 0.5) is 8.78 Å². The van der Waals surface area contributed by atoms with E-state index >= 15 is 0 Å². The van der Waals surface area contributed by atoms with E-state index in [1.807, 2.05) is 0 Å². The van der Waals surface area contributed by atoms with Crippen molar-refractivity contribution in [3.8, 4) is 0 Å². The fourth-order valence-corrected chi connectivity index (χ4v) is 3.26. The second-order valence-electron chi connectivity index (χ2n) is 5.13.